The molecule has 0 saturated heterocycles. The van der Waals surface area contributed by atoms with Gasteiger partial charge in [-0.25, -0.2) is 4.68 Å². The normalized spacial score (nSPS) is 16.8. The van der Waals surface area contributed by atoms with Crippen molar-refractivity contribution in [1.29, 1.82) is 0 Å². The van der Waals surface area contributed by atoms with Crippen molar-refractivity contribution in [2.24, 2.45) is 0 Å². The molecule has 0 bridgehead atoms. The predicted molar refractivity (Wildman–Crippen MR) is 89.7 cm³/mol. The van der Waals surface area contributed by atoms with Crippen LogP contribution in [0.2, 0.25) is 0 Å². The molecule has 0 amide bonds. The van der Waals surface area contributed by atoms with Gasteiger partial charge in [0, 0.05) is 16.6 Å². The maximum atomic E-state index is 12.7. The van der Waals surface area contributed by atoms with Crippen LogP contribution in [0.5, 0.6) is 5.75 Å². The minimum Gasteiger partial charge on any atom is -0.434 e. The third-order valence-electron chi connectivity index (χ3n) is 4.34. The van der Waals surface area contributed by atoms with E-state index >= 15 is 0 Å². The van der Waals surface area contributed by atoms with Gasteiger partial charge in [-0.05, 0) is 30.7 Å². The summed E-state index contributed by atoms with van der Waals surface area (Å²) in [4.78, 5) is 12.5. The Labute approximate surface area is 144 Å². The first kappa shape index (κ1) is 15.4. The maximum Gasteiger partial charge on any atom is 0.387 e. The van der Waals surface area contributed by atoms with Crippen LogP contribution >= 0.6 is 15.9 Å². The van der Waals surface area contributed by atoms with Gasteiger partial charge in [-0.1, -0.05) is 34.1 Å². The minimum atomic E-state index is -2.88. The second kappa shape index (κ2) is 5.73. The summed E-state index contributed by atoms with van der Waals surface area (Å²) in [6, 6.07) is 12.0. The van der Waals surface area contributed by atoms with Crippen LogP contribution in [-0.2, 0) is 6.54 Å². The van der Waals surface area contributed by atoms with Crippen molar-refractivity contribution in [3.63, 3.8) is 0 Å². The van der Waals surface area contributed by atoms with Gasteiger partial charge in [0.15, 0.2) is 0 Å². The Balaban J connectivity index is 1.91. The summed E-state index contributed by atoms with van der Waals surface area (Å²) in [5.74, 6) is 0.148. The topological polar surface area (TPSA) is 36.2 Å². The fraction of sp³-hybridized carbons (Fsp3) is 0.235. The number of hydrogen-bond donors (Lipinski definition) is 0. The molecule has 2 heterocycles. The number of halogens is 3. The van der Waals surface area contributed by atoms with Gasteiger partial charge in [0.2, 0.25) is 0 Å². The van der Waals surface area contributed by atoms with Crippen LogP contribution in [0.3, 0.4) is 0 Å². The molecule has 3 aromatic rings. The fourth-order valence-electron chi connectivity index (χ4n) is 3.40. The zero-order chi connectivity index (χ0) is 16.8. The van der Waals surface area contributed by atoms with Gasteiger partial charge in [0.25, 0.3) is 5.56 Å². The molecule has 124 valence electrons. The molecule has 24 heavy (non-hydrogen) atoms. The van der Waals surface area contributed by atoms with Gasteiger partial charge in [0.05, 0.1) is 16.9 Å². The second-order valence-electron chi connectivity index (χ2n) is 5.66. The number of para-hydroxylation sites is 1. The van der Waals surface area contributed by atoms with E-state index in [1.54, 1.807) is 28.9 Å². The Morgan fingerprint density at radius 2 is 2.00 bits per heavy atom. The lowest BCUT2D eigenvalue weighted by Crippen LogP contribution is -2.18. The highest BCUT2D eigenvalue weighted by molar-refractivity contribution is 9.10. The van der Waals surface area contributed by atoms with E-state index in [9.17, 15) is 13.6 Å². The smallest absolute Gasteiger partial charge is 0.387 e. The molecule has 0 aliphatic carbocycles. The van der Waals surface area contributed by atoms with Gasteiger partial charge in [-0.3, -0.25) is 9.48 Å². The first-order valence-corrected chi connectivity index (χ1v) is 8.30. The van der Waals surface area contributed by atoms with E-state index in [1.807, 2.05) is 16.8 Å². The number of benzene rings is 2. The van der Waals surface area contributed by atoms with Gasteiger partial charge < -0.3 is 4.74 Å². The molecular formula is C17H13BrF2N2O2. The molecule has 4 rings (SSSR count). The predicted octanol–water partition coefficient (Wildman–Crippen LogP) is 4.16. The Kier molecular flexibility index (Phi) is 3.68. The third-order valence-corrected chi connectivity index (χ3v) is 4.83. The fourth-order valence-corrected chi connectivity index (χ4v) is 3.75. The molecule has 0 spiro atoms. The van der Waals surface area contributed by atoms with Gasteiger partial charge in [-0.15, -0.1) is 0 Å². The van der Waals surface area contributed by atoms with Crippen molar-refractivity contribution < 1.29 is 13.5 Å². The Hall–Kier alpha value is -2.15. The molecule has 7 heteroatoms. The van der Waals surface area contributed by atoms with Crippen LogP contribution in [-0.4, -0.2) is 16.0 Å². The first-order chi connectivity index (χ1) is 11.6. The second-order valence-corrected chi connectivity index (χ2v) is 6.57. The average molecular weight is 395 g/mol. The average Bonchev–Trinajstić information content (AvgIpc) is 3.08. The number of hydrogen-bond acceptors (Lipinski definition) is 2. The van der Waals surface area contributed by atoms with E-state index in [4.69, 9.17) is 0 Å². The van der Waals surface area contributed by atoms with Crippen molar-refractivity contribution >= 4 is 26.8 Å². The highest BCUT2D eigenvalue weighted by atomic mass is 79.9. The van der Waals surface area contributed by atoms with Crippen LogP contribution in [0.4, 0.5) is 8.78 Å². The number of ether oxygens (including phenoxy) is 1. The van der Waals surface area contributed by atoms with Gasteiger partial charge in [-0.2, -0.15) is 8.78 Å². The standard InChI is InChI=1S/C17H13BrF2N2O2/c18-10-5-6-12-14(9-10)22-13(7-8-21(22)16(12)23)11-3-1-2-4-15(11)24-17(19)20/h1-6,9,13,17H,7-8H2/t13-/m1/s1. The molecule has 1 aliphatic heterocycles. The van der Waals surface area contributed by atoms with E-state index in [0.717, 1.165) is 9.99 Å². The lowest BCUT2D eigenvalue weighted by Gasteiger charge is -2.18. The van der Waals surface area contributed by atoms with E-state index in [-0.39, 0.29) is 17.4 Å². The molecule has 1 aliphatic rings. The zero-order valence-corrected chi connectivity index (χ0v) is 14.0. The van der Waals surface area contributed by atoms with E-state index in [2.05, 4.69) is 20.7 Å². The maximum absolute atomic E-state index is 12.7. The number of nitrogens with zero attached hydrogens (tertiary/aromatic N) is 2. The van der Waals surface area contributed by atoms with Crippen molar-refractivity contribution in [1.82, 2.24) is 9.36 Å². The van der Waals surface area contributed by atoms with E-state index < -0.39 is 6.61 Å². The summed E-state index contributed by atoms with van der Waals surface area (Å²) in [6.07, 6.45) is 0.654. The number of aromatic nitrogens is 2. The molecular weight excluding hydrogens is 382 g/mol. The summed E-state index contributed by atoms with van der Waals surface area (Å²) < 4.78 is 34.5. The molecule has 1 aromatic heterocycles. The summed E-state index contributed by atoms with van der Waals surface area (Å²) in [5.41, 5.74) is 1.37. The van der Waals surface area contributed by atoms with E-state index in [1.165, 1.54) is 6.07 Å². The van der Waals surface area contributed by atoms with Crippen molar-refractivity contribution in [3.05, 3.63) is 62.9 Å². The number of rotatable bonds is 3. The Bertz CT molecular complexity index is 980. The molecule has 0 fully saturated rings. The summed E-state index contributed by atoms with van der Waals surface area (Å²) in [7, 11) is 0. The molecule has 1 atom stereocenters. The van der Waals surface area contributed by atoms with Crippen LogP contribution < -0.4 is 10.3 Å². The molecule has 0 saturated carbocycles. The Morgan fingerprint density at radius 3 is 2.79 bits per heavy atom. The lowest BCUT2D eigenvalue weighted by atomic mass is 10.0. The van der Waals surface area contributed by atoms with Crippen LogP contribution in [0, 0.1) is 0 Å². The summed E-state index contributed by atoms with van der Waals surface area (Å²) >= 11 is 3.42. The quantitative estimate of drug-likeness (QED) is 0.668. The first-order valence-electron chi connectivity index (χ1n) is 7.50. The zero-order valence-electron chi connectivity index (χ0n) is 12.5. The minimum absolute atomic E-state index is 0.0627. The van der Waals surface area contributed by atoms with E-state index in [0.29, 0.717) is 23.9 Å². The summed E-state index contributed by atoms with van der Waals surface area (Å²) in [6.45, 7) is -2.34. The molecule has 4 nitrogen and oxygen atoms in total. The van der Waals surface area contributed by atoms with Crippen molar-refractivity contribution in [3.8, 4) is 5.75 Å². The number of fused-ring (bicyclic) bond motifs is 3. The molecule has 0 unspecified atom stereocenters. The Morgan fingerprint density at radius 1 is 1.21 bits per heavy atom. The third kappa shape index (κ3) is 2.34. The highest BCUT2D eigenvalue weighted by Gasteiger charge is 2.30. The van der Waals surface area contributed by atoms with Crippen molar-refractivity contribution in [2.75, 3.05) is 0 Å². The van der Waals surface area contributed by atoms with Crippen LogP contribution in [0.25, 0.3) is 10.9 Å². The summed E-state index contributed by atoms with van der Waals surface area (Å²) in [5, 5.41) is 0.621. The van der Waals surface area contributed by atoms with Crippen LogP contribution in [0.15, 0.2) is 51.7 Å². The molecule has 2 aromatic carbocycles. The lowest BCUT2D eigenvalue weighted by molar-refractivity contribution is -0.0507. The number of alkyl halides is 2. The van der Waals surface area contributed by atoms with Gasteiger partial charge in [0.1, 0.15) is 5.75 Å². The van der Waals surface area contributed by atoms with Gasteiger partial charge >= 0.3 is 6.61 Å². The molecule has 0 radical (unpaired) electrons. The SMILES string of the molecule is O=c1c2ccc(Br)cc2n2n1CC[C@@H]2c1ccccc1OC(F)F. The largest absolute Gasteiger partial charge is 0.434 e. The monoisotopic (exact) mass is 394 g/mol. The van der Waals surface area contributed by atoms with Crippen molar-refractivity contribution in [2.45, 2.75) is 25.6 Å². The van der Waals surface area contributed by atoms with Crippen LogP contribution in [0.1, 0.15) is 18.0 Å². The molecule has 0 N–H and O–H groups in total. The highest BCUT2D eigenvalue weighted by Crippen LogP contribution is 2.37.